The highest BCUT2D eigenvalue weighted by atomic mass is 28.3. The van der Waals surface area contributed by atoms with Gasteiger partial charge in [-0.05, 0) is 18.9 Å². The minimum Gasteiger partial charge on any atom is -0.382 e. The summed E-state index contributed by atoms with van der Waals surface area (Å²) in [5, 5.41) is 6.95. The Balaban J connectivity index is 2.48. The SMILES string of the molecule is CC[Si](CC)(CC)CC=NN1CCC[C@H]1COC. The molecule has 18 heavy (non-hydrogen) atoms. The predicted octanol–water partition coefficient (Wildman–Crippen LogP) is 3.59. The van der Waals surface area contributed by atoms with E-state index in [9.17, 15) is 0 Å². The zero-order valence-corrected chi connectivity index (χ0v) is 13.6. The van der Waals surface area contributed by atoms with Crippen LogP contribution in [-0.2, 0) is 4.74 Å². The summed E-state index contributed by atoms with van der Waals surface area (Å²) >= 11 is 0. The number of hydrogen-bond donors (Lipinski definition) is 0. The Bertz CT molecular complexity index is 246. The van der Waals surface area contributed by atoms with Crippen LogP contribution in [0, 0.1) is 0 Å². The molecule has 0 aromatic rings. The van der Waals surface area contributed by atoms with Crippen molar-refractivity contribution < 1.29 is 4.74 Å². The molecule has 106 valence electrons. The highest BCUT2D eigenvalue weighted by Crippen LogP contribution is 2.24. The van der Waals surface area contributed by atoms with E-state index in [0.29, 0.717) is 6.04 Å². The van der Waals surface area contributed by atoms with Crippen molar-refractivity contribution in [2.24, 2.45) is 5.10 Å². The summed E-state index contributed by atoms with van der Waals surface area (Å²) < 4.78 is 5.26. The van der Waals surface area contributed by atoms with Crippen molar-refractivity contribution in [2.75, 3.05) is 20.3 Å². The van der Waals surface area contributed by atoms with Crippen molar-refractivity contribution in [3.8, 4) is 0 Å². The second kappa shape index (κ2) is 7.95. The first-order chi connectivity index (χ1) is 8.71. The van der Waals surface area contributed by atoms with Crippen LogP contribution in [0.1, 0.15) is 33.6 Å². The van der Waals surface area contributed by atoms with Gasteiger partial charge in [0, 0.05) is 19.9 Å². The minimum absolute atomic E-state index is 0.507. The lowest BCUT2D eigenvalue weighted by molar-refractivity contribution is 0.118. The molecular formula is C14H30N2OSi. The third-order valence-electron chi connectivity index (χ3n) is 4.71. The molecule has 0 amide bonds. The van der Waals surface area contributed by atoms with Gasteiger partial charge < -0.3 is 4.74 Å². The zero-order chi connectivity index (χ0) is 13.4. The van der Waals surface area contributed by atoms with Crippen LogP contribution in [-0.4, -0.2) is 45.6 Å². The largest absolute Gasteiger partial charge is 0.382 e. The van der Waals surface area contributed by atoms with E-state index in [2.05, 4.69) is 32.0 Å². The van der Waals surface area contributed by atoms with Gasteiger partial charge in [0.15, 0.2) is 0 Å². The summed E-state index contributed by atoms with van der Waals surface area (Å²) in [5.74, 6) is 0. The van der Waals surface area contributed by atoms with Crippen LogP contribution >= 0.6 is 0 Å². The first kappa shape index (κ1) is 15.7. The molecule has 3 nitrogen and oxygen atoms in total. The van der Waals surface area contributed by atoms with Crippen LogP contribution in [0.25, 0.3) is 0 Å². The topological polar surface area (TPSA) is 24.8 Å². The summed E-state index contributed by atoms with van der Waals surface area (Å²) in [5.41, 5.74) is 0. The second-order valence-electron chi connectivity index (χ2n) is 5.48. The lowest BCUT2D eigenvalue weighted by Gasteiger charge is -2.27. The zero-order valence-electron chi connectivity index (χ0n) is 12.6. The molecule has 1 aliphatic heterocycles. The Labute approximate surface area is 114 Å². The van der Waals surface area contributed by atoms with Gasteiger partial charge in [-0.3, -0.25) is 5.01 Å². The number of methoxy groups -OCH3 is 1. The van der Waals surface area contributed by atoms with Crippen LogP contribution in [0.2, 0.25) is 24.2 Å². The number of hydrogen-bond acceptors (Lipinski definition) is 3. The first-order valence-corrected chi connectivity index (χ1v) is 10.3. The van der Waals surface area contributed by atoms with E-state index in [-0.39, 0.29) is 0 Å². The molecule has 0 radical (unpaired) electrons. The fraction of sp³-hybridized carbons (Fsp3) is 0.929. The van der Waals surface area contributed by atoms with E-state index < -0.39 is 8.07 Å². The average molecular weight is 270 g/mol. The van der Waals surface area contributed by atoms with Crippen LogP contribution in [0.3, 0.4) is 0 Å². The molecular weight excluding hydrogens is 240 g/mol. The monoisotopic (exact) mass is 270 g/mol. The van der Waals surface area contributed by atoms with Gasteiger partial charge in [0.25, 0.3) is 0 Å². The third kappa shape index (κ3) is 4.09. The minimum atomic E-state index is -1.04. The molecule has 1 heterocycles. The molecule has 0 aliphatic carbocycles. The van der Waals surface area contributed by atoms with E-state index in [1.165, 1.54) is 37.0 Å². The smallest absolute Gasteiger partial charge is 0.0704 e. The van der Waals surface area contributed by atoms with Gasteiger partial charge in [0.2, 0.25) is 0 Å². The Morgan fingerprint density at radius 2 is 1.94 bits per heavy atom. The number of nitrogens with zero attached hydrogens (tertiary/aromatic N) is 2. The Morgan fingerprint density at radius 3 is 2.50 bits per heavy atom. The van der Waals surface area contributed by atoms with E-state index >= 15 is 0 Å². The van der Waals surface area contributed by atoms with Gasteiger partial charge in [0.05, 0.1) is 20.7 Å². The number of ether oxygens (including phenoxy) is 1. The van der Waals surface area contributed by atoms with E-state index in [1.54, 1.807) is 7.11 Å². The van der Waals surface area contributed by atoms with Crippen molar-refractivity contribution in [1.29, 1.82) is 0 Å². The molecule has 4 heteroatoms. The molecule has 1 rings (SSSR count). The maximum absolute atomic E-state index is 5.26. The molecule has 0 unspecified atom stereocenters. The summed E-state index contributed by atoms with van der Waals surface area (Å²) in [6.45, 7) is 8.99. The number of rotatable bonds is 8. The average Bonchev–Trinajstić information content (AvgIpc) is 2.83. The lowest BCUT2D eigenvalue weighted by Crippen LogP contribution is -2.32. The van der Waals surface area contributed by atoms with Gasteiger partial charge >= 0.3 is 0 Å². The molecule has 1 atom stereocenters. The fourth-order valence-corrected chi connectivity index (χ4v) is 5.69. The molecule has 0 spiro atoms. The molecule has 1 fully saturated rings. The van der Waals surface area contributed by atoms with E-state index in [1.807, 2.05) is 0 Å². The maximum atomic E-state index is 5.26. The van der Waals surface area contributed by atoms with Gasteiger partial charge in [-0.1, -0.05) is 38.9 Å². The molecule has 0 saturated carbocycles. The Morgan fingerprint density at radius 1 is 1.28 bits per heavy atom. The van der Waals surface area contributed by atoms with Crippen LogP contribution in [0.5, 0.6) is 0 Å². The molecule has 1 aliphatic rings. The van der Waals surface area contributed by atoms with Crippen molar-refractivity contribution in [3.05, 3.63) is 0 Å². The summed E-state index contributed by atoms with van der Waals surface area (Å²) in [7, 11) is 0.744. The normalized spacial score (nSPS) is 21.1. The predicted molar refractivity (Wildman–Crippen MR) is 82.1 cm³/mol. The quantitative estimate of drug-likeness (QED) is 0.497. The Kier molecular flexibility index (Phi) is 6.93. The molecule has 0 N–H and O–H groups in total. The molecule has 0 bridgehead atoms. The first-order valence-electron chi connectivity index (χ1n) is 7.49. The van der Waals surface area contributed by atoms with Crippen molar-refractivity contribution in [2.45, 2.75) is 63.8 Å². The van der Waals surface area contributed by atoms with Crippen molar-refractivity contribution in [3.63, 3.8) is 0 Å². The molecule has 0 aromatic heterocycles. The van der Waals surface area contributed by atoms with Gasteiger partial charge in [-0.25, -0.2) is 0 Å². The Hall–Kier alpha value is -0.353. The van der Waals surface area contributed by atoms with Crippen molar-refractivity contribution >= 4 is 14.3 Å². The van der Waals surface area contributed by atoms with Gasteiger partial charge in [0.1, 0.15) is 0 Å². The summed E-state index contributed by atoms with van der Waals surface area (Å²) in [6, 6.07) is 5.90. The number of hydrazone groups is 1. The molecule has 0 aromatic carbocycles. The second-order valence-corrected chi connectivity index (χ2v) is 11.0. The van der Waals surface area contributed by atoms with E-state index in [4.69, 9.17) is 9.84 Å². The fourth-order valence-electron chi connectivity index (χ4n) is 2.86. The highest BCUT2D eigenvalue weighted by Gasteiger charge is 2.26. The van der Waals surface area contributed by atoms with Crippen LogP contribution in [0.4, 0.5) is 0 Å². The standard InChI is InChI=1S/C14H30N2OSi/c1-5-18(6-2,7-3)12-10-15-16-11-8-9-14(16)13-17-4/h10,14H,5-9,11-13H2,1-4H3/t14-/m0/s1. The van der Waals surface area contributed by atoms with Crippen molar-refractivity contribution in [1.82, 2.24) is 5.01 Å². The highest BCUT2D eigenvalue weighted by molar-refractivity contribution is 6.81. The van der Waals surface area contributed by atoms with Gasteiger partial charge in [-0.15, -0.1) is 0 Å². The molecule has 1 saturated heterocycles. The van der Waals surface area contributed by atoms with E-state index in [0.717, 1.165) is 13.2 Å². The van der Waals surface area contributed by atoms with Gasteiger partial charge in [-0.2, -0.15) is 5.10 Å². The lowest BCUT2D eigenvalue weighted by atomic mass is 10.2. The van der Waals surface area contributed by atoms with Crippen LogP contribution in [0.15, 0.2) is 5.10 Å². The third-order valence-corrected chi connectivity index (χ3v) is 10.3. The summed E-state index contributed by atoms with van der Waals surface area (Å²) in [6.07, 6.45) is 4.68. The van der Waals surface area contributed by atoms with Crippen LogP contribution < -0.4 is 0 Å². The maximum Gasteiger partial charge on any atom is 0.0704 e. The summed E-state index contributed by atoms with van der Waals surface area (Å²) in [4.78, 5) is 0.